The Morgan fingerprint density at radius 1 is 1.00 bits per heavy atom. The van der Waals surface area contributed by atoms with Crippen LogP contribution in [0.4, 0.5) is 0 Å². The van der Waals surface area contributed by atoms with E-state index >= 15 is 0 Å². The van der Waals surface area contributed by atoms with Crippen LogP contribution in [0, 0.1) is 6.92 Å². The van der Waals surface area contributed by atoms with Crippen molar-refractivity contribution in [3.05, 3.63) is 65.2 Å². The van der Waals surface area contributed by atoms with Gasteiger partial charge >= 0.3 is 0 Å². The lowest BCUT2D eigenvalue weighted by atomic mass is 10.1. The molecule has 0 bridgehead atoms. The van der Waals surface area contributed by atoms with Gasteiger partial charge in [-0.3, -0.25) is 9.69 Å². The number of ether oxygens (including phenoxy) is 2. The summed E-state index contributed by atoms with van der Waals surface area (Å²) in [5.41, 5.74) is 3.68. The molecule has 2 atom stereocenters. The number of likely N-dealkylation sites (tertiary alicyclic amines) is 1. The molecule has 5 heteroatoms. The molecular formula is C22H26N2O3. The molecule has 5 nitrogen and oxygen atoms in total. The zero-order valence-corrected chi connectivity index (χ0v) is 15.9. The first-order chi connectivity index (χ1) is 13.1. The average Bonchev–Trinajstić information content (AvgIpc) is 3.09. The fourth-order valence-electron chi connectivity index (χ4n) is 3.96. The summed E-state index contributed by atoms with van der Waals surface area (Å²) >= 11 is 0. The number of hydrogen-bond acceptors (Lipinski definition) is 4. The van der Waals surface area contributed by atoms with Crippen LogP contribution in [0.5, 0.6) is 5.75 Å². The van der Waals surface area contributed by atoms with Crippen molar-refractivity contribution in [3.63, 3.8) is 0 Å². The third kappa shape index (κ3) is 3.99. The van der Waals surface area contributed by atoms with E-state index in [2.05, 4.69) is 36.1 Å². The number of fused-ring (bicyclic) bond motifs is 1. The minimum atomic E-state index is 0.0734. The minimum absolute atomic E-state index is 0.0734. The molecule has 0 spiro atoms. The molecule has 0 aliphatic carbocycles. The van der Waals surface area contributed by atoms with E-state index < -0.39 is 0 Å². The average molecular weight is 366 g/mol. The molecule has 2 heterocycles. The molecule has 2 fully saturated rings. The first-order valence-corrected chi connectivity index (χ1v) is 9.44. The number of morpholine rings is 1. The summed E-state index contributed by atoms with van der Waals surface area (Å²) in [4.78, 5) is 16.9. The number of methoxy groups -OCH3 is 1. The summed E-state index contributed by atoms with van der Waals surface area (Å²) in [6.07, 6.45) is 0.0893. The van der Waals surface area contributed by atoms with Crippen LogP contribution in [0.3, 0.4) is 0 Å². The van der Waals surface area contributed by atoms with E-state index in [9.17, 15) is 4.79 Å². The number of rotatable bonds is 5. The van der Waals surface area contributed by atoms with Crippen molar-refractivity contribution in [2.45, 2.75) is 32.2 Å². The predicted molar refractivity (Wildman–Crippen MR) is 104 cm³/mol. The fourth-order valence-corrected chi connectivity index (χ4v) is 3.96. The van der Waals surface area contributed by atoms with Crippen LogP contribution in [-0.4, -0.2) is 54.7 Å². The largest absolute Gasteiger partial charge is 0.497 e. The number of carbonyl (C=O) groups excluding carboxylic acids is 1. The smallest absolute Gasteiger partial charge is 0.249 e. The Morgan fingerprint density at radius 2 is 1.67 bits per heavy atom. The molecule has 2 aromatic rings. The van der Waals surface area contributed by atoms with Crippen LogP contribution < -0.4 is 4.74 Å². The van der Waals surface area contributed by atoms with Crippen molar-refractivity contribution in [1.29, 1.82) is 0 Å². The number of benzene rings is 2. The molecule has 142 valence electrons. The monoisotopic (exact) mass is 366 g/mol. The quantitative estimate of drug-likeness (QED) is 0.816. The molecule has 0 aromatic heterocycles. The molecule has 0 unspecified atom stereocenters. The molecule has 2 saturated heterocycles. The Kier molecular flexibility index (Phi) is 5.14. The fraction of sp³-hybridized carbons (Fsp3) is 0.409. The van der Waals surface area contributed by atoms with Crippen molar-refractivity contribution in [3.8, 4) is 5.75 Å². The van der Waals surface area contributed by atoms with Gasteiger partial charge in [-0.25, -0.2) is 0 Å². The molecule has 0 N–H and O–H groups in total. The zero-order chi connectivity index (χ0) is 18.8. The first kappa shape index (κ1) is 18.0. The highest BCUT2D eigenvalue weighted by atomic mass is 16.5. The normalized spacial score (nSPS) is 22.7. The Hall–Kier alpha value is -2.37. The molecule has 4 rings (SSSR count). The van der Waals surface area contributed by atoms with Crippen LogP contribution >= 0.6 is 0 Å². The number of aryl methyl sites for hydroxylation is 1. The van der Waals surface area contributed by atoms with Gasteiger partial charge < -0.3 is 14.4 Å². The van der Waals surface area contributed by atoms with Gasteiger partial charge in [0.1, 0.15) is 12.4 Å². The molecule has 27 heavy (non-hydrogen) atoms. The van der Waals surface area contributed by atoms with Crippen molar-refractivity contribution in [2.75, 3.05) is 26.8 Å². The van der Waals surface area contributed by atoms with Gasteiger partial charge in [-0.05, 0) is 30.2 Å². The van der Waals surface area contributed by atoms with E-state index in [0.717, 1.165) is 30.9 Å². The van der Waals surface area contributed by atoms with Gasteiger partial charge in [-0.15, -0.1) is 0 Å². The maximum atomic E-state index is 12.5. The van der Waals surface area contributed by atoms with Gasteiger partial charge in [0.05, 0.1) is 19.3 Å². The van der Waals surface area contributed by atoms with E-state index in [-0.39, 0.29) is 24.7 Å². The van der Waals surface area contributed by atoms with Gasteiger partial charge in [0.25, 0.3) is 0 Å². The molecule has 2 aromatic carbocycles. The third-order valence-corrected chi connectivity index (χ3v) is 5.49. The summed E-state index contributed by atoms with van der Waals surface area (Å²) in [6.45, 7) is 5.50. The highest BCUT2D eigenvalue weighted by Gasteiger charge is 2.42. The van der Waals surface area contributed by atoms with Crippen LogP contribution in [0.1, 0.15) is 16.7 Å². The molecule has 0 saturated carbocycles. The Bertz CT molecular complexity index is 788. The van der Waals surface area contributed by atoms with Crippen LogP contribution in [0.25, 0.3) is 0 Å². The standard InChI is InChI=1S/C22H26N2O3/c1-16-3-5-17(6-4-16)11-23-13-20-21(14-23)27-15-22(25)24(20)12-18-7-9-19(26-2)10-8-18/h3-10,20-21H,11-15H2,1-2H3/t20-,21+/m1/s1. The number of nitrogens with zero attached hydrogens (tertiary/aromatic N) is 2. The van der Waals surface area contributed by atoms with Gasteiger partial charge in [0.15, 0.2) is 0 Å². The number of amides is 1. The SMILES string of the molecule is COc1ccc(CN2C(=O)CO[C@H]3CN(Cc4ccc(C)cc4)C[C@H]32)cc1. The molecular weight excluding hydrogens is 340 g/mol. The van der Waals surface area contributed by atoms with E-state index in [1.807, 2.05) is 29.2 Å². The zero-order valence-electron chi connectivity index (χ0n) is 15.9. The highest BCUT2D eigenvalue weighted by Crippen LogP contribution is 2.27. The molecule has 2 aliphatic heterocycles. The van der Waals surface area contributed by atoms with Crippen molar-refractivity contribution in [1.82, 2.24) is 9.80 Å². The predicted octanol–water partition coefficient (Wildman–Crippen LogP) is 2.62. The van der Waals surface area contributed by atoms with Gasteiger partial charge in [0, 0.05) is 26.2 Å². The van der Waals surface area contributed by atoms with E-state index in [1.165, 1.54) is 11.1 Å². The van der Waals surface area contributed by atoms with E-state index in [0.29, 0.717) is 6.54 Å². The molecule has 0 radical (unpaired) electrons. The molecule has 1 amide bonds. The third-order valence-electron chi connectivity index (χ3n) is 5.49. The Morgan fingerprint density at radius 3 is 2.37 bits per heavy atom. The van der Waals surface area contributed by atoms with Gasteiger partial charge in [-0.2, -0.15) is 0 Å². The summed E-state index contributed by atoms with van der Waals surface area (Å²) in [7, 11) is 1.66. The Labute approximate surface area is 160 Å². The second kappa shape index (κ2) is 7.71. The van der Waals surface area contributed by atoms with Crippen LogP contribution in [-0.2, 0) is 22.6 Å². The maximum absolute atomic E-state index is 12.5. The molecule has 2 aliphatic rings. The van der Waals surface area contributed by atoms with E-state index in [4.69, 9.17) is 9.47 Å². The second-order valence-corrected chi connectivity index (χ2v) is 7.47. The summed E-state index contributed by atoms with van der Waals surface area (Å²) in [5, 5.41) is 0. The Balaban J connectivity index is 1.44. The van der Waals surface area contributed by atoms with Crippen molar-refractivity contribution >= 4 is 5.91 Å². The topological polar surface area (TPSA) is 42.0 Å². The highest BCUT2D eigenvalue weighted by molar-refractivity contribution is 5.78. The second-order valence-electron chi connectivity index (χ2n) is 7.47. The lowest BCUT2D eigenvalue weighted by Gasteiger charge is -2.36. The van der Waals surface area contributed by atoms with Gasteiger partial charge in [0.2, 0.25) is 5.91 Å². The summed E-state index contributed by atoms with van der Waals surface area (Å²) in [5.74, 6) is 0.902. The first-order valence-electron chi connectivity index (χ1n) is 9.44. The summed E-state index contributed by atoms with van der Waals surface area (Å²) in [6, 6.07) is 16.7. The van der Waals surface area contributed by atoms with Crippen LogP contribution in [0.15, 0.2) is 48.5 Å². The lowest BCUT2D eigenvalue weighted by molar-refractivity contribution is -0.153. The van der Waals surface area contributed by atoms with Crippen molar-refractivity contribution < 1.29 is 14.3 Å². The summed E-state index contributed by atoms with van der Waals surface area (Å²) < 4.78 is 11.1. The maximum Gasteiger partial charge on any atom is 0.249 e. The van der Waals surface area contributed by atoms with Crippen LogP contribution in [0.2, 0.25) is 0 Å². The number of carbonyl (C=O) groups is 1. The number of hydrogen-bond donors (Lipinski definition) is 0. The minimum Gasteiger partial charge on any atom is -0.497 e. The van der Waals surface area contributed by atoms with Gasteiger partial charge in [-0.1, -0.05) is 42.0 Å². The van der Waals surface area contributed by atoms with Crippen molar-refractivity contribution in [2.24, 2.45) is 0 Å². The lowest BCUT2D eigenvalue weighted by Crippen LogP contribution is -2.53. The van der Waals surface area contributed by atoms with E-state index in [1.54, 1.807) is 7.11 Å².